The number of hydrogen-bond acceptors (Lipinski definition) is 4. The highest BCUT2D eigenvalue weighted by atomic mass is 32.2. The third kappa shape index (κ3) is 7.18. The third-order valence-corrected chi connectivity index (χ3v) is 4.74. The number of aliphatic carboxylic acids is 1. The van der Waals surface area contributed by atoms with Crippen LogP contribution in [0.4, 0.5) is 0 Å². The third-order valence-electron chi connectivity index (χ3n) is 3.41. The Morgan fingerprint density at radius 2 is 2.11 bits per heavy atom. The Hall–Kier alpha value is -0.260. The van der Waals surface area contributed by atoms with Crippen LogP contribution in [0.5, 0.6) is 0 Å². The molecule has 0 spiro atoms. The summed E-state index contributed by atoms with van der Waals surface area (Å²) >= 11 is 1.81. The normalized spacial score (nSPS) is 16.0. The van der Waals surface area contributed by atoms with Gasteiger partial charge in [-0.05, 0) is 44.4 Å². The lowest BCUT2D eigenvalue weighted by atomic mass is 9.90. The van der Waals surface area contributed by atoms with E-state index in [1.165, 1.54) is 0 Å². The van der Waals surface area contributed by atoms with Crippen molar-refractivity contribution in [2.24, 2.45) is 0 Å². The minimum atomic E-state index is -0.767. The minimum absolute atomic E-state index is 0.222. The molecule has 0 rings (SSSR count). The van der Waals surface area contributed by atoms with Crippen molar-refractivity contribution in [2.75, 3.05) is 18.9 Å². The fourth-order valence-electron chi connectivity index (χ4n) is 2.01. The minimum Gasteiger partial charge on any atom is -0.480 e. The highest BCUT2D eigenvalue weighted by molar-refractivity contribution is 7.99. The van der Waals surface area contributed by atoms with E-state index in [4.69, 9.17) is 5.11 Å². The van der Waals surface area contributed by atoms with Gasteiger partial charge in [-0.15, -0.1) is 0 Å². The summed E-state index contributed by atoms with van der Waals surface area (Å²) in [5, 5.41) is 21.9. The Morgan fingerprint density at radius 1 is 1.42 bits per heavy atom. The molecule has 0 aliphatic rings. The zero-order chi connectivity index (χ0) is 14.7. The first-order chi connectivity index (χ1) is 9.02. The summed E-state index contributed by atoms with van der Waals surface area (Å²) in [7, 11) is 0. The number of carbonyl (C=O) groups is 1. The van der Waals surface area contributed by atoms with Crippen molar-refractivity contribution >= 4 is 17.7 Å². The fraction of sp³-hybridized carbons (Fsp3) is 0.929. The SMILES string of the molecule is CCCNC(CC)(CCCSC(C)CCO)C(=O)O. The van der Waals surface area contributed by atoms with Crippen molar-refractivity contribution in [3.8, 4) is 0 Å². The molecule has 2 atom stereocenters. The lowest BCUT2D eigenvalue weighted by Crippen LogP contribution is -2.52. The van der Waals surface area contributed by atoms with Crippen LogP contribution in [0.1, 0.15) is 52.9 Å². The molecule has 0 fully saturated rings. The topological polar surface area (TPSA) is 69.6 Å². The van der Waals surface area contributed by atoms with Gasteiger partial charge < -0.3 is 15.5 Å². The van der Waals surface area contributed by atoms with Crippen LogP contribution >= 0.6 is 11.8 Å². The summed E-state index contributed by atoms with van der Waals surface area (Å²) in [6.45, 7) is 7.04. The van der Waals surface area contributed by atoms with E-state index in [2.05, 4.69) is 12.2 Å². The Kier molecular flexibility index (Phi) is 10.4. The zero-order valence-electron chi connectivity index (χ0n) is 12.4. The van der Waals surface area contributed by atoms with E-state index in [0.29, 0.717) is 18.1 Å². The largest absolute Gasteiger partial charge is 0.480 e. The van der Waals surface area contributed by atoms with Gasteiger partial charge in [0.2, 0.25) is 0 Å². The van der Waals surface area contributed by atoms with Crippen LogP contribution in [-0.4, -0.2) is 45.9 Å². The number of rotatable bonds is 12. The molecule has 0 aliphatic heterocycles. The van der Waals surface area contributed by atoms with Gasteiger partial charge in [0.1, 0.15) is 5.54 Å². The molecule has 0 radical (unpaired) electrons. The van der Waals surface area contributed by atoms with Crippen molar-refractivity contribution in [2.45, 2.75) is 63.7 Å². The summed E-state index contributed by atoms with van der Waals surface area (Å²) in [6, 6.07) is 0. The molecule has 2 unspecified atom stereocenters. The van der Waals surface area contributed by atoms with E-state index >= 15 is 0 Å². The molecule has 0 aliphatic carbocycles. The quantitative estimate of drug-likeness (QED) is 0.482. The first-order valence-corrected chi connectivity index (χ1v) is 8.28. The molecule has 0 saturated heterocycles. The number of hydrogen-bond donors (Lipinski definition) is 3. The second kappa shape index (κ2) is 10.5. The van der Waals surface area contributed by atoms with Crippen molar-refractivity contribution < 1.29 is 15.0 Å². The molecular formula is C14H29NO3S. The Morgan fingerprint density at radius 3 is 2.58 bits per heavy atom. The molecule has 3 N–H and O–H groups in total. The maximum atomic E-state index is 11.5. The summed E-state index contributed by atoms with van der Waals surface area (Å²) in [6.07, 6.45) is 3.90. The molecule has 4 nitrogen and oxygen atoms in total. The van der Waals surface area contributed by atoms with E-state index in [1.807, 2.05) is 25.6 Å². The van der Waals surface area contributed by atoms with E-state index in [9.17, 15) is 9.90 Å². The van der Waals surface area contributed by atoms with E-state index in [0.717, 1.165) is 31.6 Å². The van der Waals surface area contributed by atoms with Gasteiger partial charge in [-0.2, -0.15) is 11.8 Å². The van der Waals surface area contributed by atoms with Gasteiger partial charge >= 0.3 is 5.97 Å². The molecule has 0 saturated carbocycles. The molecule has 0 aromatic heterocycles. The number of thioether (sulfide) groups is 1. The number of carboxylic acid groups (broad SMARTS) is 1. The fourth-order valence-corrected chi connectivity index (χ4v) is 3.00. The van der Waals surface area contributed by atoms with Crippen LogP contribution < -0.4 is 5.32 Å². The molecule has 19 heavy (non-hydrogen) atoms. The molecule has 0 heterocycles. The van der Waals surface area contributed by atoms with Crippen molar-refractivity contribution in [1.29, 1.82) is 0 Å². The van der Waals surface area contributed by atoms with E-state index in [1.54, 1.807) is 0 Å². The van der Waals surface area contributed by atoms with Crippen molar-refractivity contribution in [3.05, 3.63) is 0 Å². The first kappa shape index (κ1) is 18.7. The van der Waals surface area contributed by atoms with Gasteiger partial charge in [0.05, 0.1) is 0 Å². The van der Waals surface area contributed by atoms with Crippen molar-refractivity contribution in [3.63, 3.8) is 0 Å². The second-order valence-electron chi connectivity index (χ2n) is 4.96. The highest BCUT2D eigenvalue weighted by Gasteiger charge is 2.35. The standard InChI is InChI=1S/C14H29NO3S/c1-4-9-15-14(5-2,13(17)18)8-6-11-19-12(3)7-10-16/h12,15-16H,4-11H2,1-3H3,(H,17,18). The van der Waals surface area contributed by atoms with Gasteiger partial charge in [0.15, 0.2) is 0 Å². The van der Waals surface area contributed by atoms with Crippen molar-refractivity contribution in [1.82, 2.24) is 5.32 Å². The monoisotopic (exact) mass is 291 g/mol. The van der Waals surface area contributed by atoms with Crippen LogP contribution in [0.3, 0.4) is 0 Å². The molecule has 114 valence electrons. The molecule has 0 aromatic carbocycles. The lowest BCUT2D eigenvalue weighted by molar-refractivity contribution is -0.145. The molecule has 5 heteroatoms. The number of aliphatic hydroxyl groups is 1. The van der Waals surface area contributed by atoms with Crippen LogP contribution in [0.2, 0.25) is 0 Å². The Labute approximate surface area is 121 Å². The second-order valence-corrected chi connectivity index (χ2v) is 6.51. The highest BCUT2D eigenvalue weighted by Crippen LogP contribution is 2.22. The van der Waals surface area contributed by atoms with Gasteiger partial charge in [0, 0.05) is 11.9 Å². The first-order valence-electron chi connectivity index (χ1n) is 7.23. The van der Waals surface area contributed by atoms with Crippen LogP contribution in [0.15, 0.2) is 0 Å². The summed E-state index contributed by atoms with van der Waals surface area (Å²) < 4.78 is 0. The average molecular weight is 291 g/mol. The van der Waals surface area contributed by atoms with Crippen LogP contribution in [-0.2, 0) is 4.79 Å². The van der Waals surface area contributed by atoms with E-state index < -0.39 is 11.5 Å². The summed E-state index contributed by atoms with van der Waals surface area (Å²) in [5.41, 5.74) is -0.767. The maximum absolute atomic E-state index is 11.5. The maximum Gasteiger partial charge on any atom is 0.323 e. The molecule has 0 bridgehead atoms. The van der Waals surface area contributed by atoms with Gasteiger partial charge in [-0.25, -0.2) is 0 Å². The predicted octanol–water partition coefficient (Wildman–Crippen LogP) is 2.50. The number of nitrogens with one attached hydrogen (secondary N) is 1. The van der Waals surface area contributed by atoms with Gasteiger partial charge in [0.25, 0.3) is 0 Å². The van der Waals surface area contributed by atoms with Crippen LogP contribution in [0.25, 0.3) is 0 Å². The van der Waals surface area contributed by atoms with Crippen LogP contribution in [0, 0.1) is 0 Å². The Bertz CT molecular complexity index is 251. The molecular weight excluding hydrogens is 262 g/mol. The Balaban J connectivity index is 4.15. The smallest absolute Gasteiger partial charge is 0.323 e. The zero-order valence-corrected chi connectivity index (χ0v) is 13.3. The van der Waals surface area contributed by atoms with Gasteiger partial charge in [-0.3, -0.25) is 4.79 Å². The predicted molar refractivity (Wildman–Crippen MR) is 81.8 cm³/mol. The molecule has 0 aromatic rings. The summed E-state index contributed by atoms with van der Waals surface area (Å²) in [5.74, 6) is 0.209. The van der Waals surface area contributed by atoms with Gasteiger partial charge in [-0.1, -0.05) is 20.8 Å². The average Bonchev–Trinajstić information content (AvgIpc) is 2.38. The lowest BCUT2D eigenvalue weighted by Gasteiger charge is -2.29. The molecule has 0 amide bonds. The summed E-state index contributed by atoms with van der Waals surface area (Å²) in [4.78, 5) is 11.5. The number of aliphatic hydroxyl groups excluding tert-OH is 1. The van der Waals surface area contributed by atoms with E-state index in [-0.39, 0.29) is 6.61 Å². The number of carboxylic acids is 1.